The number of rotatable bonds is 20. The van der Waals surface area contributed by atoms with Crippen LogP contribution in [0.25, 0.3) is 0 Å². The molecule has 1 atom stereocenters. The highest BCUT2D eigenvalue weighted by molar-refractivity contribution is 7.46. The number of benzene rings is 1. The van der Waals surface area contributed by atoms with E-state index in [4.69, 9.17) is 14.9 Å². The zero-order valence-corrected chi connectivity index (χ0v) is 20.4. The number of ketones is 1. The molecule has 184 valence electrons. The predicted molar refractivity (Wildman–Crippen MR) is 128 cm³/mol. The molecule has 0 bridgehead atoms. The number of hydrogen-bond donors (Lipinski definition) is 4. The van der Waals surface area contributed by atoms with E-state index in [1.807, 2.05) is 0 Å². The maximum Gasteiger partial charge on any atom is 0.524 e. The highest BCUT2D eigenvalue weighted by atomic mass is 31.2. The van der Waals surface area contributed by atoms with Gasteiger partial charge in [-0.3, -0.25) is 14.6 Å². The van der Waals surface area contributed by atoms with Crippen LogP contribution in [0.3, 0.4) is 0 Å². The number of carbonyl (C=O) groups is 1. The van der Waals surface area contributed by atoms with Crippen LogP contribution in [0.5, 0.6) is 5.75 Å². The van der Waals surface area contributed by atoms with Crippen LogP contribution < -0.4 is 9.84 Å². The first kappa shape index (κ1) is 28.8. The van der Waals surface area contributed by atoms with Gasteiger partial charge in [0, 0.05) is 13.0 Å². The number of phosphoric ester groups is 1. The SMILES string of the molecule is CCCCCCCCNC(Cc1ccc(OP(=O)(O)O)cc1)C(=O)CCCCCCCO. The van der Waals surface area contributed by atoms with Crippen molar-refractivity contribution < 1.29 is 28.8 Å². The van der Waals surface area contributed by atoms with E-state index >= 15 is 0 Å². The Morgan fingerprint density at radius 3 is 2.16 bits per heavy atom. The summed E-state index contributed by atoms with van der Waals surface area (Å²) in [6.07, 6.45) is 13.0. The lowest BCUT2D eigenvalue weighted by molar-refractivity contribution is -0.121. The summed E-state index contributed by atoms with van der Waals surface area (Å²) in [5, 5.41) is 12.3. The molecule has 0 aliphatic heterocycles. The minimum Gasteiger partial charge on any atom is -0.404 e. The Morgan fingerprint density at radius 1 is 0.938 bits per heavy atom. The van der Waals surface area contributed by atoms with Gasteiger partial charge in [-0.1, -0.05) is 70.4 Å². The fraction of sp³-hybridized carbons (Fsp3) is 0.708. The Hall–Kier alpha value is -1.24. The molecule has 1 aromatic carbocycles. The van der Waals surface area contributed by atoms with E-state index in [0.717, 1.165) is 57.1 Å². The minimum absolute atomic E-state index is 0.105. The molecule has 0 spiro atoms. The molecule has 7 nitrogen and oxygen atoms in total. The largest absolute Gasteiger partial charge is 0.524 e. The number of hydrogen-bond acceptors (Lipinski definition) is 5. The predicted octanol–water partition coefficient (Wildman–Crippen LogP) is 4.92. The lowest BCUT2D eigenvalue weighted by Crippen LogP contribution is -2.39. The fourth-order valence-electron chi connectivity index (χ4n) is 3.66. The first-order chi connectivity index (χ1) is 15.4. The molecule has 8 heteroatoms. The second-order valence-electron chi connectivity index (χ2n) is 8.41. The molecule has 1 rings (SSSR count). The van der Waals surface area contributed by atoms with E-state index in [0.29, 0.717) is 12.8 Å². The number of phosphoric acid groups is 1. The summed E-state index contributed by atoms with van der Waals surface area (Å²) in [7, 11) is -4.58. The smallest absolute Gasteiger partial charge is 0.404 e. The first-order valence-corrected chi connectivity index (χ1v) is 13.6. The molecule has 0 amide bonds. The molecule has 0 saturated carbocycles. The van der Waals surface area contributed by atoms with Gasteiger partial charge in [0.25, 0.3) is 0 Å². The van der Waals surface area contributed by atoms with Gasteiger partial charge in [-0.2, -0.15) is 0 Å². The van der Waals surface area contributed by atoms with Gasteiger partial charge in [-0.15, -0.1) is 0 Å². The van der Waals surface area contributed by atoms with Gasteiger partial charge in [0.1, 0.15) is 11.5 Å². The minimum atomic E-state index is -4.58. The topological polar surface area (TPSA) is 116 Å². The number of unbranched alkanes of at least 4 members (excludes halogenated alkanes) is 9. The molecule has 0 aliphatic rings. The van der Waals surface area contributed by atoms with Crippen molar-refractivity contribution in [3.8, 4) is 5.75 Å². The number of aliphatic hydroxyl groups excluding tert-OH is 1. The quantitative estimate of drug-likeness (QED) is 0.158. The molecule has 0 aromatic heterocycles. The molecular weight excluding hydrogens is 429 g/mol. The number of aliphatic hydroxyl groups is 1. The molecule has 1 unspecified atom stereocenters. The zero-order valence-electron chi connectivity index (χ0n) is 19.5. The summed E-state index contributed by atoms with van der Waals surface area (Å²) in [4.78, 5) is 30.7. The maximum absolute atomic E-state index is 12.9. The molecule has 0 heterocycles. The van der Waals surface area contributed by atoms with E-state index in [2.05, 4.69) is 16.8 Å². The van der Waals surface area contributed by atoms with Crippen molar-refractivity contribution in [1.29, 1.82) is 0 Å². The Morgan fingerprint density at radius 2 is 1.53 bits per heavy atom. The lowest BCUT2D eigenvalue weighted by atomic mass is 9.98. The van der Waals surface area contributed by atoms with E-state index in [1.165, 1.54) is 37.8 Å². The lowest BCUT2D eigenvalue weighted by Gasteiger charge is -2.18. The number of carbonyl (C=O) groups excluding carboxylic acids is 1. The van der Waals surface area contributed by atoms with Crippen LogP contribution in [0.1, 0.15) is 89.5 Å². The third-order valence-corrected chi connectivity index (χ3v) is 5.93. The molecule has 4 N–H and O–H groups in total. The van der Waals surface area contributed by atoms with Crippen LogP contribution in [0, 0.1) is 0 Å². The van der Waals surface area contributed by atoms with E-state index in [1.54, 1.807) is 12.1 Å². The molecule has 1 aromatic rings. The van der Waals surface area contributed by atoms with Crippen LogP contribution >= 0.6 is 7.82 Å². The van der Waals surface area contributed by atoms with E-state index in [9.17, 15) is 9.36 Å². The van der Waals surface area contributed by atoms with Crippen LogP contribution in [0.4, 0.5) is 0 Å². The van der Waals surface area contributed by atoms with Crippen LogP contribution in [-0.4, -0.2) is 39.9 Å². The average molecular weight is 472 g/mol. The Balaban J connectivity index is 2.56. The van der Waals surface area contributed by atoms with Crippen molar-refractivity contribution >= 4 is 13.6 Å². The summed E-state index contributed by atoms with van der Waals surface area (Å²) in [6, 6.07) is 6.26. The van der Waals surface area contributed by atoms with Crippen molar-refractivity contribution in [2.24, 2.45) is 0 Å². The number of Topliss-reactive ketones (excluding diaryl/α,β-unsaturated/α-hetero) is 1. The third kappa shape index (κ3) is 14.8. The van der Waals surface area contributed by atoms with Crippen molar-refractivity contribution in [1.82, 2.24) is 5.32 Å². The standard InChI is InChI=1S/C24H42NO6P/c1-2-3-4-5-8-11-18-25-23(24(27)13-10-7-6-9-12-19-26)20-21-14-16-22(17-15-21)31-32(28,29)30/h14-17,23,25-26H,2-13,18-20H2,1H3,(H2,28,29,30). The van der Waals surface area contributed by atoms with Crippen molar-refractivity contribution in [2.45, 2.75) is 96.4 Å². The Bertz CT molecular complexity index is 661. The Labute approximate surface area is 193 Å². The summed E-state index contributed by atoms with van der Waals surface area (Å²) < 4.78 is 15.6. The molecule has 0 saturated heterocycles. The van der Waals surface area contributed by atoms with Crippen molar-refractivity contribution in [3.63, 3.8) is 0 Å². The molecular formula is C24H42NO6P. The van der Waals surface area contributed by atoms with Crippen LogP contribution in [0.15, 0.2) is 24.3 Å². The zero-order chi connectivity index (χ0) is 23.7. The first-order valence-electron chi connectivity index (χ1n) is 12.1. The van der Waals surface area contributed by atoms with Gasteiger partial charge < -0.3 is 14.9 Å². The Kier molecular flexibility index (Phi) is 15.5. The van der Waals surface area contributed by atoms with Crippen LogP contribution in [-0.2, 0) is 15.8 Å². The third-order valence-electron chi connectivity index (χ3n) is 5.48. The highest BCUT2D eigenvalue weighted by Gasteiger charge is 2.19. The van der Waals surface area contributed by atoms with Gasteiger partial charge in [0.05, 0.1) is 6.04 Å². The van der Waals surface area contributed by atoms with E-state index in [-0.39, 0.29) is 24.2 Å². The summed E-state index contributed by atoms with van der Waals surface area (Å²) in [6.45, 7) is 3.23. The van der Waals surface area contributed by atoms with E-state index < -0.39 is 7.82 Å². The van der Waals surface area contributed by atoms with Gasteiger partial charge in [0.15, 0.2) is 0 Å². The summed E-state index contributed by atoms with van der Waals surface area (Å²) >= 11 is 0. The average Bonchev–Trinajstić information content (AvgIpc) is 2.74. The monoisotopic (exact) mass is 471 g/mol. The summed E-state index contributed by atoms with van der Waals surface area (Å²) in [5.74, 6) is 0.307. The number of nitrogens with one attached hydrogen (secondary N) is 1. The normalized spacial score (nSPS) is 12.6. The van der Waals surface area contributed by atoms with Crippen LogP contribution in [0.2, 0.25) is 0 Å². The molecule has 0 aliphatic carbocycles. The van der Waals surface area contributed by atoms with Gasteiger partial charge >= 0.3 is 7.82 Å². The van der Waals surface area contributed by atoms with Gasteiger partial charge in [-0.05, 0) is 49.9 Å². The second-order valence-corrected chi connectivity index (χ2v) is 9.58. The molecule has 0 radical (unpaired) electrons. The summed E-state index contributed by atoms with van der Waals surface area (Å²) in [5.41, 5.74) is 0.916. The maximum atomic E-state index is 12.9. The van der Waals surface area contributed by atoms with Gasteiger partial charge in [0.2, 0.25) is 0 Å². The molecule has 32 heavy (non-hydrogen) atoms. The fourth-order valence-corrected chi connectivity index (χ4v) is 4.05. The van der Waals surface area contributed by atoms with Crippen molar-refractivity contribution in [2.75, 3.05) is 13.2 Å². The van der Waals surface area contributed by atoms with Crippen molar-refractivity contribution in [3.05, 3.63) is 29.8 Å². The van der Waals surface area contributed by atoms with Gasteiger partial charge in [-0.25, -0.2) is 4.57 Å². The second kappa shape index (κ2) is 17.3. The molecule has 0 fully saturated rings. The highest BCUT2D eigenvalue weighted by Crippen LogP contribution is 2.37.